The van der Waals surface area contributed by atoms with Crippen LogP contribution in [0.15, 0.2) is 18.2 Å². The van der Waals surface area contributed by atoms with E-state index in [1.54, 1.807) is 14.2 Å². The number of nitrogens with zero attached hydrogens (tertiary/aromatic N) is 1. The Morgan fingerprint density at radius 2 is 2.07 bits per heavy atom. The van der Waals surface area contributed by atoms with E-state index in [-0.39, 0.29) is 5.92 Å². The Hall–Kier alpha value is -1.69. The van der Waals surface area contributed by atoms with E-state index in [9.17, 15) is 0 Å². The molecule has 0 bridgehead atoms. The topological polar surface area (TPSA) is 42.2 Å². The second-order valence-corrected chi connectivity index (χ2v) is 3.41. The molecule has 0 saturated heterocycles. The molecular formula is C12H15NO2. The van der Waals surface area contributed by atoms with Gasteiger partial charge in [-0.3, -0.25) is 0 Å². The molecule has 0 N–H and O–H groups in total. The molecular weight excluding hydrogens is 190 g/mol. The first kappa shape index (κ1) is 11.4. The van der Waals surface area contributed by atoms with Crippen molar-refractivity contribution in [3.8, 4) is 17.6 Å². The van der Waals surface area contributed by atoms with Gasteiger partial charge in [0.05, 0.1) is 20.3 Å². The minimum Gasteiger partial charge on any atom is -0.497 e. The fourth-order valence-corrected chi connectivity index (χ4v) is 1.42. The summed E-state index contributed by atoms with van der Waals surface area (Å²) in [6.45, 7) is 1.89. The summed E-state index contributed by atoms with van der Waals surface area (Å²) in [6, 6.07) is 7.82. The number of hydrogen-bond donors (Lipinski definition) is 0. The van der Waals surface area contributed by atoms with Gasteiger partial charge in [-0.2, -0.15) is 5.26 Å². The van der Waals surface area contributed by atoms with Crippen molar-refractivity contribution < 1.29 is 9.47 Å². The van der Waals surface area contributed by atoms with Crippen LogP contribution in [0.2, 0.25) is 0 Å². The van der Waals surface area contributed by atoms with Gasteiger partial charge in [0.1, 0.15) is 11.5 Å². The zero-order valence-corrected chi connectivity index (χ0v) is 9.28. The third-order valence-corrected chi connectivity index (χ3v) is 2.23. The second kappa shape index (κ2) is 5.26. The highest BCUT2D eigenvalue weighted by Gasteiger charge is 2.08. The van der Waals surface area contributed by atoms with Gasteiger partial charge < -0.3 is 9.47 Å². The molecule has 0 aliphatic carbocycles. The summed E-state index contributed by atoms with van der Waals surface area (Å²) in [5.41, 5.74) is 1.01. The summed E-state index contributed by atoms with van der Waals surface area (Å²) in [4.78, 5) is 0. The predicted octanol–water partition coefficient (Wildman–Crippen LogP) is 2.41. The summed E-state index contributed by atoms with van der Waals surface area (Å²) in [5.74, 6) is 1.57. The lowest BCUT2D eigenvalue weighted by Gasteiger charge is -2.10. The van der Waals surface area contributed by atoms with E-state index in [1.807, 2.05) is 25.1 Å². The molecule has 80 valence electrons. The Labute approximate surface area is 90.2 Å². The van der Waals surface area contributed by atoms with E-state index in [1.165, 1.54) is 0 Å². The van der Waals surface area contributed by atoms with Crippen molar-refractivity contribution >= 4 is 0 Å². The number of hydrogen-bond acceptors (Lipinski definition) is 3. The van der Waals surface area contributed by atoms with Crippen LogP contribution in [0.5, 0.6) is 11.5 Å². The van der Waals surface area contributed by atoms with Crippen LogP contribution in [0.25, 0.3) is 0 Å². The van der Waals surface area contributed by atoms with E-state index in [2.05, 4.69) is 6.07 Å². The fraction of sp³-hybridized carbons (Fsp3) is 0.417. The van der Waals surface area contributed by atoms with E-state index in [0.29, 0.717) is 6.42 Å². The van der Waals surface area contributed by atoms with Crippen LogP contribution in [0.3, 0.4) is 0 Å². The van der Waals surface area contributed by atoms with Gasteiger partial charge >= 0.3 is 0 Å². The molecule has 0 heterocycles. The van der Waals surface area contributed by atoms with Crippen molar-refractivity contribution in [3.63, 3.8) is 0 Å². The average molecular weight is 205 g/mol. The SMILES string of the molecule is COc1ccc(OC)c(CC(C)C#N)c1. The van der Waals surface area contributed by atoms with Gasteiger partial charge in [0, 0.05) is 5.92 Å². The first-order chi connectivity index (χ1) is 7.21. The third kappa shape index (κ3) is 2.88. The molecule has 0 amide bonds. The molecule has 15 heavy (non-hydrogen) atoms. The number of methoxy groups -OCH3 is 2. The van der Waals surface area contributed by atoms with Gasteiger partial charge in [0.25, 0.3) is 0 Å². The second-order valence-electron chi connectivity index (χ2n) is 3.41. The van der Waals surface area contributed by atoms with Crippen LogP contribution >= 0.6 is 0 Å². The van der Waals surface area contributed by atoms with Crippen molar-refractivity contribution in [1.82, 2.24) is 0 Å². The monoisotopic (exact) mass is 205 g/mol. The van der Waals surface area contributed by atoms with Crippen molar-refractivity contribution in [2.75, 3.05) is 14.2 Å². The smallest absolute Gasteiger partial charge is 0.122 e. The summed E-state index contributed by atoms with van der Waals surface area (Å²) in [6.07, 6.45) is 0.677. The molecule has 0 radical (unpaired) electrons. The summed E-state index contributed by atoms with van der Waals surface area (Å²) >= 11 is 0. The Kier molecular flexibility index (Phi) is 3.99. The largest absolute Gasteiger partial charge is 0.497 e. The molecule has 1 aromatic carbocycles. The number of benzene rings is 1. The molecule has 0 saturated carbocycles. The molecule has 0 aromatic heterocycles. The number of ether oxygens (including phenoxy) is 2. The molecule has 0 fully saturated rings. The van der Waals surface area contributed by atoms with Crippen LogP contribution in [0.4, 0.5) is 0 Å². The molecule has 3 heteroatoms. The van der Waals surface area contributed by atoms with Gasteiger partial charge in [0.15, 0.2) is 0 Å². The maximum absolute atomic E-state index is 8.76. The van der Waals surface area contributed by atoms with Gasteiger partial charge in [-0.15, -0.1) is 0 Å². The number of nitriles is 1. The zero-order valence-electron chi connectivity index (χ0n) is 9.28. The molecule has 0 aliphatic rings. The highest BCUT2D eigenvalue weighted by atomic mass is 16.5. The predicted molar refractivity (Wildman–Crippen MR) is 58.0 cm³/mol. The first-order valence-corrected chi connectivity index (χ1v) is 4.81. The average Bonchev–Trinajstić information content (AvgIpc) is 2.28. The quantitative estimate of drug-likeness (QED) is 0.758. The highest BCUT2D eigenvalue weighted by Crippen LogP contribution is 2.26. The van der Waals surface area contributed by atoms with Gasteiger partial charge in [-0.25, -0.2) is 0 Å². The normalized spacial score (nSPS) is 11.6. The molecule has 1 aromatic rings. The van der Waals surface area contributed by atoms with Crippen LogP contribution in [-0.2, 0) is 6.42 Å². The lowest BCUT2D eigenvalue weighted by atomic mass is 10.0. The van der Waals surface area contributed by atoms with Crippen LogP contribution in [-0.4, -0.2) is 14.2 Å². The van der Waals surface area contributed by atoms with Crippen LogP contribution in [0, 0.1) is 17.2 Å². The zero-order chi connectivity index (χ0) is 11.3. The maximum atomic E-state index is 8.76. The Morgan fingerprint density at radius 1 is 1.33 bits per heavy atom. The van der Waals surface area contributed by atoms with Gasteiger partial charge in [0.2, 0.25) is 0 Å². The molecule has 0 aliphatic heterocycles. The first-order valence-electron chi connectivity index (χ1n) is 4.81. The summed E-state index contributed by atoms with van der Waals surface area (Å²) < 4.78 is 10.4. The van der Waals surface area contributed by atoms with Gasteiger partial charge in [-0.1, -0.05) is 0 Å². The fourth-order valence-electron chi connectivity index (χ4n) is 1.42. The molecule has 1 atom stereocenters. The molecule has 0 spiro atoms. The minimum atomic E-state index is -0.0222. The van der Waals surface area contributed by atoms with E-state index >= 15 is 0 Å². The van der Waals surface area contributed by atoms with Crippen LogP contribution < -0.4 is 9.47 Å². The standard InChI is InChI=1S/C12H15NO2/c1-9(8-13)6-10-7-11(14-2)4-5-12(10)15-3/h4-5,7,9H,6H2,1-3H3. The maximum Gasteiger partial charge on any atom is 0.122 e. The van der Waals surface area contributed by atoms with Crippen molar-refractivity contribution in [3.05, 3.63) is 23.8 Å². The third-order valence-electron chi connectivity index (χ3n) is 2.23. The van der Waals surface area contributed by atoms with Crippen molar-refractivity contribution in [2.24, 2.45) is 5.92 Å². The summed E-state index contributed by atoms with van der Waals surface area (Å²) in [7, 11) is 3.25. The molecule has 1 unspecified atom stereocenters. The van der Waals surface area contributed by atoms with E-state index in [0.717, 1.165) is 17.1 Å². The van der Waals surface area contributed by atoms with Gasteiger partial charge in [-0.05, 0) is 37.1 Å². The van der Waals surface area contributed by atoms with E-state index < -0.39 is 0 Å². The van der Waals surface area contributed by atoms with Crippen LogP contribution in [0.1, 0.15) is 12.5 Å². The van der Waals surface area contributed by atoms with E-state index in [4.69, 9.17) is 14.7 Å². The lowest BCUT2D eigenvalue weighted by Crippen LogP contribution is -1.99. The Morgan fingerprint density at radius 3 is 2.60 bits per heavy atom. The number of rotatable bonds is 4. The Bertz CT molecular complexity index is 368. The minimum absolute atomic E-state index is 0.0222. The Balaban J connectivity index is 2.97. The lowest BCUT2D eigenvalue weighted by molar-refractivity contribution is 0.397. The molecule has 1 rings (SSSR count). The molecule has 3 nitrogen and oxygen atoms in total. The van der Waals surface area contributed by atoms with Crippen molar-refractivity contribution in [1.29, 1.82) is 5.26 Å². The van der Waals surface area contributed by atoms with Crippen molar-refractivity contribution in [2.45, 2.75) is 13.3 Å². The highest BCUT2D eigenvalue weighted by molar-refractivity contribution is 5.40. The summed E-state index contributed by atoms with van der Waals surface area (Å²) in [5, 5.41) is 8.76.